The fourth-order valence-corrected chi connectivity index (χ4v) is 2.35. The number of ether oxygens (including phenoxy) is 3. The third kappa shape index (κ3) is 6.36. The van der Waals surface area contributed by atoms with Crippen molar-refractivity contribution < 1.29 is 14.2 Å². The average molecular weight is 372 g/mol. The van der Waals surface area contributed by atoms with Crippen molar-refractivity contribution in [2.24, 2.45) is 4.99 Å². The highest BCUT2D eigenvalue weighted by Gasteiger charge is 2.07. The zero-order valence-corrected chi connectivity index (χ0v) is 16.6. The van der Waals surface area contributed by atoms with Gasteiger partial charge in [-0.2, -0.15) is 0 Å². The number of aliphatic imine (C=N–C) groups is 1. The number of aromatic nitrogens is 1. The monoisotopic (exact) mass is 372 g/mol. The highest BCUT2D eigenvalue weighted by atomic mass is 16.5. The minimum Gasteiger partial charge on any atom is -0.493 e. The molecular formula is C20H28N4O3. The molecule has 0 bridgehead atoms. The molecule has 1 aromatic carbocycles. The van der Waals surface area contributed by atoms with Gasteiger partial charge in [0.15, 0.2) is 17.5 Å². The number of pyridine rings is 1. The number of anilines is 1. The van der Waals surface area contributed by atoms with Crippen LogP contribution in [0.15, 0.2) is 41.5 Å². The van der Waals surface area contributed by atoms with E-state index in [1.807, 2.05) is 51.1 Å². The molecule has 7 nitrogen and oxygen atoms in total. The summed E-state index contributed by atoms with van der Waals surface area (Å²) >= 11 is 0. The van der Waals surface area contributed by atoms with Gasteiger partial charge in [0.2, 0.25) is 5.88 Å². The Morgan fingerprint density at radius 1 is 1.19 bits per heavy atom. The normalized spacial score (nSPS) is 11.3. The number of hydrogen-bond donors (Lipinski definition) is 2. The first-order valence-electron chi connectivity index (χ1n) is 8.95. The van der Waals surface area contributed by atoms with E-state index in [1.165, 1.54) is 0 Å². The molecule has 2 aromatic rings. The predicted molar refractivity (Wildman–Crippen MR) is 108 cm³/mol. The summed E-state index contributed by atoms with van der Waals surface area (Å²) in [5.74, 6) is 2.65. The van der Waals surface area contributed by atoms with Crippen molar-refractivity contribution in [1.29, 1.82) is 0 Å². The molecule has 0 aliphatic heterocycles. The second-order valence-electron chi connectivity index (χ2n) is 6.02. The lowest BCUT2D eigenvalue weighted by atomic mass is 10.2. The quantitative estimate of drug-likeness (QED) is 0.546. The van der Waals surface area contributed by atoms with E-state index in [1.54, 1.807) is 20.4 Å². The van der Waals surface area contributed by atoms with Crippen molar-refractivity contribution >= 4 is 11.6 Å². The van der Waals surface area contributed by atoms with Crippen LogP contribution in [0.1, 0.15) is 26.3 Å². The SMILES string of the molecule is CCOc1cc(NC(=NC)NCc2ccc(OC(C)C)nc2)ccc1OC. The fourth-order valence-electron chi connectivity index (χ4n) is 2.35. The fraction of sp³-hybridized carbons (Fsp3) is 0.400. The highest BCUT2D eigenvalue weighted by molar-refractivity contribution is 5.93. The van der Waals surface area contributed by atoms with Gasteiger partial charge in [-0.3, -0.25) is 4.99 Å². The van der Waals surface area contributed by atoms with Gasteiger partial charge in [0, 0.05) is 37.6 Å². The Bertz CT molecular complexity index is 745. The van der Waals surface area contributed by atoms with Gasteiger partial charge in [-0.05, 0) is 38.5 Å². The van der Waals surface area contributed by atoms with E-state index in [-0.39, 0.29) is 6.10 Å². The molecule has 1 heterocycles. The van der Waals surface area contributed by atoms with Crippen molar-refractivity contribution in [1.82, 2.24) is 10.3 Å². The van der Waals surface area contributed by atoms with E-state index in [4.69, 9.17) is 14.2 Å². The molecule has 0 unspecified atom stereocenters. The first kappa shape index (κ1) is 20.4. The Morgan fingerprint density at radius 3 is 2.59 bits per heavy atom. The van der Waals surface area contributed by atoms with Crippen molar-refractivity contribution in [3.63, 3.8) is 0 Å². The van der Waals surface area contributed by atoms with Crippen LogP contribution < -0.4 is 24.8 Å². The largest absolute Gasteiger partial charge is 0.493 e. The Morgan fingerprint density at radius 2 is 2.00 bits per heavy atom. The molecule has 0 atom stereocenters. The molecule has 0 amide bonds. The van der Waals surface area contributed by atoms with E-state index in [0.717, 1.165) is 11.3 Å². The lowest BCUT2D eigenvalue weighted by molar-refractivity contribution is 0.232. The first-order chi connectivity index (χ1) is 13.0. The molecule has 0 spiro atoms. The number of methoxy groups -OCH3 is 1. The standard InChI is InChI=1S/C20H28N4O3/c1-6-26-18-11-16(8-9-17(18)25-5)24-20(21-4)23-13-15-7-10-19(22-12-15)27-14(2)3/h7-12,14H,6,13H2,1-5H3,(H2,21,23,24). The molecular weight excluding hydrogens is 344 g/mol. The van der Waals surface area contributed by atoms with Crippen LogP contribution >= 0.6 is 0 Å². The van der Waals surface area contributed by atoms with Crippen LogP contribution in [-0.4, -0.2) is 37.8 Å². The lowest BCUT2D eigenvalue weighted by Gasteiger charge is -2.15. The van der Waals surface area contributed by atoms with E-state index in [2.05, 4.69) is 20.6 Å². The van der Waals surface area contributed by atoms with Gasteiger partial charge in [0.05, 0.1) is 19.8 Å². The van der Waals surface area contributed by atoms with Gasteiger partial charge in [-0.1, -0.05) is 6.07 Å². The minimum atomic E-state index is 0.107. The van der Waals surface area contributed by atoms with Gasteiger partial charge in [-0.15, -0.1) is 0 Å². The van der Waals surface area contributed by atoms with Gasteiger partial charge in [0.25, 0.3) is 0 Å². The molecule has 0 saturated carbocycles. The number of benzene rings is 1. The second kappa shape index (κ2) is 10.3. The zero-order chi connectivity index (χ0) is 19.6. The molecule has 1 aromatic heterocycles. The number of nitrogens with zero attached hydrogens (tertiary/aromatic N) is 2. The summed E-state index contributed by atoms with van der Waals surface area (Å²) in [4.78, 5) is 8.56. The third-order valence-corrected chi connectivity index (χ3v) is 3.56. The topological polar surface area (TPSA) is 77.0 Å². The van der Waals surface area contributed by atoms with Crippen molar-refractivity contribution in [2.75, 3.05) is 26.1 Å². The Kier molecular flexibility index (Phi) is 7.73. The van der Waals surface area contributed by atoms with Crippen LogP contribution in [0.5, 0.6) is 17.4 Å². The van der Waals surface area contributed by atoms with Gasteiger partial charge in [0.1, 0.15) is 0 Å². The second-order valence-corrected chi connectivity index (χ2v) is 6.02. The van der Waals surface area contributed by atoms with Crippen LogP contribution in [0.3, 0.4) is 0 Å². The van der Waals surface area contributed by atoms with Crippen LogP contribution in [0.2, 0.25) is 0 Å². The maximum Gasteiger partial charge on any atom is 0.213 e. The Labute approximate surface area is 160 Å². The van der Waals surface area contributed by atoms with Crippen LogP contribution in [0, 0.1) is 0 Å². The number of nitrogens with one attached hydrogen (secondary N) is 2. The molecule has 146 valence electrons. The zero-order valence-electron chi connectivity index (χ0n) is 16.6. The molecule has 2 rings (SSSR count). The third-order valence-electron chi connectivity index (χ3n) is 3.56. The average Bonchev–Trinajstić information content (AvgIpc) is 2.66. The summed E-state index contributed by atoms with van der Waals surface area (Å²) < 4.78 is 16.5. The summed E-state index contributed by atoms with van der Waals surface area (Å²) in [6.45, 7) is 7.04. The minimum absolute atomic E-state index is 0.107. The molecule has 0 fully saturated rings. The molecule has 0 aliphatic carbocycles. The molecule has 0 radical (unpaired) electrons. The summed E-state index contributed by atoms with van der Waals surface area (Å²) in [6, 6.07) is 9.50. The maximum absolute atomic E-state index is 5.61. The predicted octanol–water partition coefficient (Wildman–Crippen LogP) is 3.46. The summed E-state index contributed by atoms with van der Waals surface area (Å²) in [5.41, 5.74) is 1.88. The van der Waals surface area contributed by atoms with Gasteiger partial charge < -0.3 is 24.8 Å². The van der Waals surface area contributed by atoms with Crippen molar-refractivity contribution in [3.8, 4) is 17.4 Å². The number of guanidine groups is 1. The van der Waals surface area contributed by atoms with Gasteiger partial charge >= 0.3 is 0 Å². The number of rotatable bonds is 8. The first-order valence-corrected chi connectivity index (χ1v) is 8.95. The van der Waals surface area contributed by atoms with Gasteiger partial charge in [-0.25, -0.2) is 4.98 Å². The van der Waals surface area contributed by atoms with Crippen molar-refractivity contribution in [3.05, 3.63) is 42.1 Å². The molecule has 2 N–H and O–H groups in total. The Hall–Kier alpha value is -2.96. The smallest absolute Gasteiger partial charge is 0.213 e. The van der Waals surface area contributed by atoms with Crippen LogP contribution in [0.4, 0.5) is 5.69 Å². The van der Waals surface area contributed by atoms with Crippen molar-refractivity contribution in [2.45, 2.75) is 33.4 Å². The van der Waals surface area contributed by atoms with Crippen LogP contribution in [-0.2, 0) is 6.54 Å². The van der Waals surface area contributed by atoms with Crippen LogP contribution in [0.25, 0.3) is 0 Å². The molecule has 7 heteroatoms. The van der Waals surface area contributed by atoms with E-state index >= 15 is 0 Å². The number of hydrogen-bond acceptors (Lipinski definition) is 5. The Balaban J connectivity index is 1.97. The summed E-state index contributed by atoms with van der Waals surface area (Å²) in [6.07, 6.45) is 1.90. The summed E-state index contributed by atoms with van der Waals surface area (Å²) in [7, 11) is 3.34. The maximum atomic E-state index is 5.61. The van der Waals surface area contributed by atoms with E-state index in [0.29, 0.717) is 36.5 Å². The highest BCUT2D eigenvalue weighted by Crippen LogP contribution is 2.30. The molecule has 27 heavy (non-hydrogen) atoms. The van der Waals surface area contributed by atoms with E-state index < -0.39 is 0 Å². The molecule has 0 saturated heterocycles. The summed E-state index contributed by atoms with van der Waals surface area (Å²) in [5, 5.41) is 6.51. The molecule has 0 aliphatic rings. The van der Waals surface area contributed by atoms with E-state index in [9.17, 15) is 0 Å². The lowest BCUT2D eigenvalue weighted by Crippen LogP contribution is -2.30.